The molecule has 0 amide bonds. The normalized spacial score (nSPS) is 34.9. The molecule has 2 rings (SSSR count). The molecule has 2 fully saturated rings. The van der Waals surface area contributed by atoms with Crippen LogP contribution in [-0.4, -0.2) is 0 Å². The second-order valence-corrected chi connectivity index (χ2v) is 8.57. The van der Waals surface area contributed by atoms with Gasteiger partial charge in [-0.15, -0.1) is 0 Å². The van der Waals surface area contributed by atoms with Crippen LogP contribution in [0.1, 0.15) is 110 Å². The van der Waals surface area contributed by atoms with Gasteiger partial charge in [0.25, 0.3) is 0 Å². The van der Waals surface area contributed by atoms with E-state index in [0.717, 1.165) is 11.8 Å². The van der Waals surface area contributed by atoms with E-state index in [0.29, 0.717) is 5.92 Å². The smallest absolute Gasteiger partial charge is 0.0692 e. The Morgan fingerprint density at radius 2 is 1.35 bits per heavy atom. The summed E-state index contributed by atoms with van der Waals surface area (Å²) in [5.74, 6) is 2.60. The van der Waals surface area contributed by atoms with Gasteiger partial charge in [-0.25, -0.2) is 0 Å². The number of unbranched alkanes of at least 4 members (excludes halogenated alkanes) is 3. The number of nitriles is 1. The minimum absolute atomic E-state index is 0.0527. The maximum absolute atomic E-state index is 9.95. The minimum Gasteiger partial charge on any atom is -0.198 e. The molecule has 0 aromatic carbocycles. The lowest BCUT2D eigenvalue weighted by atomic mass is 9.59. The molecule has 2 aliphatic rings. The Morgan fingerprint density at radius 1 is 0.783 bits per heavy atom. The average molecular weight is 318 g/mol. The van der Waals surface area contributed by atoms with Crippen molar-refractivity contribution in [1.29, 1.82) is 5.26 Å². The zero-order chi connectivity index (χ0) is 16.5. The minimum atomic E-state index is 0.0527. The summed E-state index contributed by atoms with van der Waals surface area (Å²) in [6.45, 7) is 4.59. The monoisotopic (exact) mass is 317 g/mol. The van der Waals surface area contributed by atoms with Crippen LogP contribution in [0.15, 0.2) is 0 Å². The average Bonchev–Trinajstić information content (AvgIpc) is 2.61. The maximum Gasteiger partial charge on any atom is 0.0692 e. The van der Waals surface area contributed by atoms with Gasteiger partial charge >= 0.3 is 0 Å². The summed E-state index contributed by atoms with van der Waals surface area (Å²) in [7, 11) is 0. The molecule has 23 heavy (non-hydrogen) atoms. The quantitative estimate of drug-likeness (QED) is 0.432. The van der Waals surface area contributed by atoms with Crippen molar-refractivity contribution in [2.24, 2.45) is 23.2 Å². The van der Waals surface area contributed by atoms with E-state index in [2.05, 4.69) is 19.9 Å². The third-order valence-electron chi connectivity index (χ3n) is 7.03. The van der Waals surface area contributed by atoms with Crippen molar-refractivity contribution < 1.29 is 0 Å². The lowest BCUT2D eigenvalue weighted by Gasteiger charge is -2.43. The fraction of sp³-hybridized carbons (Fsp3) is 0.955. The first kappa shape index (κ1) is 18.8. The van der Waals surface area contributed by atoms with Gasteiger partial charge in [-0.3, -0.25) is 0 Å². The fourth-order valence-electron chi connectivity index (χ4n) is 5.27. The number of hydrogen-bond acceptors (Lipinski definition) is 1. The van der Waals surface area contributed by atoms with E-state index in [1.54, 1.807) is 0 Å². The van der Waals surface area contributed by atoms with Gasteiger partial charge in [0.15, 0.2) is 0 Å². The van der Waals surface area contributed by atoms with Crippen molar-refractivity contribution in [2.45, 2.75) is 110 Å². The summed E-state index contributed by atoms with van der Waals surface area (Å²) >= 11 is 0. The zero-order valence-corrected chi connectivity index (χ0v) is 15.8. The SMILES string of the molecule is CCCCCC1CCC([C@]2(C#N)CC[C@@H](CCCC)CC2)CC1. The predicted molar refractivity (Wildman–Crippen MR) is 99.1 cm³/mol. The van der Waals surface area contributed by atoms with Crippen LogP contribution < -0.4 is 0 Å². The topological polar surface area (TPSA) is 23.8 Å². The summed E-state index contributed by atoms with van der Waals surface area (Å²) in [4.78, 5) is 0. The van der Waals surface area contributed by atoms with Crippen LogP contribution in [0.25, 0.3) is 0 Å². The Hall–Kier alpha value is -0.510. The molecular formula is C22H39N. The third kappa shape index (κ3) is 5.23. The zero-order valence-electron chi connectivity index (χ0n) is 15.8. The number of hydrogen-bond donors (Lipinski definition) is 0. The Kier molecular flexibility index (Phi) is 7.94. The summed E-state index contributed by atoms with van der Waals surface area (Å²) in [5, 5.41) is 9.95. The molecule has 1 nitrogen and oxygen atoms in total. The van der Waals surface area contributed by atoms with Gasteiger partial charge in [0.05, 0.1) is 11.5 Å². The highest BCUT2D eigenvalue weighted by molar-refractivity contribution is 5.06. The molecule has 0 heterocycles. The van der Waals surface area contributed by atoms with Crippen LogP contribution in [0.3, 0.4) is 0 Å². The lowest BCUT2D eigenvalue weighted by Crippen LogP contribution is -2.36. The van der Waals surface area contributed by atoms with Gasteiger partial charge in [-0.05, 0) is 56.3 Å². The molecule has 0 radical (unpaired) electrons. The van der Waals surface area contributed by atoms with E-state index < -0.39 is 0 Å². The second kappa shape index (κ2) is 9.71. The van der Waals surface area contributed by atoms with Gasteiger partial charge in [0, 0.05) is 0 Å². The lowest BCUT2D eigenvalue weighted by molar-refractivity contribution is 0.0843. The summed E-state index contributed by atoms with van der Waals surface area (Å²) < 4.78 is 0. The highest BCUT2D eigenvalue weighted by Gasteiger charge is 2.43. The van der Waals surface area contributed by atoms with Crippen molar-refractivity contribution in [3.8, 4) is 6.07 Å². The molecule has 1 heteroatoms. The molecule has 2 aliphatic carbocycles. The molecule has 2 saturated carbocycles. The molecule has 0 bridgehead atoms. The van der Waals surface area contributed by atoms with Gasteiger partial charge in [-0.1, -0.05) is 71.6 Å². The molecule has 132 valence electrons. The molecule has 0 N–H and O–H groups in total. The van der Waals surface area contributed by atoms with Crippen LogP contribution in [0.4, 0.5) is 0 Å². The van der Waals surface area contributed by atoms with E-state index in [4.69, 9.17) is 0 Å². The van der Waals surface area contributed by atoms with Crippen LogP contribution in [0.2, 0.25) is 0 Å². The van der Waals surface area contributed by atoms with Gasteiger partial charge < -0.3 is 0 Å². The van der Waals surface area contributed by atoms with Crippen molar-refractivity contribution in [3.63, 3.8) is 0 Å². The van der Waals surface area contributed by atoms with E-state index >= 15 is 0 Å². The fourth-order valence-corrected chi connectivity index (χ4v) is 5.27. The summed E-state index contributed by atoms with van der Waals surface area (Å²) in [6, 6.07) is 2.83. The highest BCUT2D eigenvalue weighted by atomic mass is 14.5. The number of rotatable bonds is 8. The first-order valence-electron chi connectivity index (χ1n) is 10.6. The molecule has 0 saturated heterocycles. The van der Waals surface area contributed by atoms with Crippen molar-refractivity contribution in [2.75, 3.05) is 0 Å². The Morgan fingerprint density at radius 3 is 1.91 bits per heavy atom. The molecule has 0 aliphatic heterocycles. The summed E-state index contributed by atoms with van der Waals surface area (Å²) in [5.41, 5.74) is 0.0527. The first-order chi connectivity index (χ1) is 11.2. The van der Waals surface area contributed by atoms with Gasteiger partial charge in [0.2, 0.25) is 0 Å². The van der Waals surface area contributed by atoms with E-state index in [9.17, 15) is 5.26 Å². The molecule has 0 atom stereocenters. The van der Waals surface area contributed by atoms with Crippen LogP contribution in [0.5, 0.6) is 0 Å². The van der Waals surface area contributed by atoms with Gasteiger partial charge in [0.1, 0.15) is 0 Å². The van der Waals surface area contributed by atoms with Crippen molar-refractivity contribution in [1.82, 2.24) is 0 Å². The standard InChI is InChI=1S/C22H39N/c1-3-5-7-9-19-10-12-21(13-11-19)22(18-23)16-14-20(15-17-22)8-6-4-2/h19-21H,3-17H2,1-2H3/t19?,20-,21?,22-. The maximum atomic E-state index is 9.95. The molecule has 0 unspecified atom stereocenters. The molecule has 0 aromatic rings. The Labute approximate surface area is 145 Å². The Bertz CT molecular complexity index is 351. The summed E-state index contributed by atoms with van der Waals surface area (Å²) in [6.07, 6.45) is 20.2. The van der Waals surface area contributed by atoms with Crippen LogP contribution >= 0.6 is 0 Å². The van der Waals surface area contributed by atoms with Crippen molar-refractivity contribution in [3.05, 3.63) is 0 Å². The van der Waals surface area contributed by atoms with E-state index in [-0.39, 0.29) is 5.41 Å². The largest absolute Gasteiger partial charge is 0.198 e. The number of nitrogens with zero attached hydrogens (tertiary/aromatic N) is 1. The van der Waals surface area contributed by atoms with Crippen molar-refractivity contribution >= 4 is 0 Å². The molecular weight excluding hydrogens is 278 g/mol. The van der Waals surface area contributed by atoms with Gasteiger partial charge in [-0.2, -0.15) is 5.26 Å². The molecule has 0 aromatic heterocycles. The van der Waals surface area contributed by atoms with E-state index in [1.807, 2.05) is 0 Å². The van der Waals surface area contributed by atoms with Crippen LogP contribution in [-0.2, 0) is 0 Å². The first-order valence-corrected chi connectivity index (χ1v) is 10.6. The highest BCUT2D eigenvalue weighted by Crippen LogP contribution is 2.50. The van der Waals surface area contributed by atoms with Crippen LogP contribution in [0, 0.1) is 34.5 Å². The Balaban J connectivity index is 1.78. The second-order valence-electron chi connectivity index (χ2n) is 8.57. The molecule has 0 spiro atoms. The third-order valence-corrected chi connectivity index (χ3v) is 7.03. The predicted octanol–water partition coefficient (Wildman–Crippen LogP) is 7.26. The van der Waals surface area contributed by atoms with E-state index in [1.165, 1.54) is 96.3 Å².